The number of hydrogen-bond donors (Lipinski definition) is 0. The molecule has 0 aliphatic carbocycles. The van der Waals surface area contributed by atoms with Crippen molar-refractivity contribution in [2.24, 2.45) is 0 Å². The molecule has 0 bridgehead atoms. The van der Waals surface area contributed by atoms with Gasteiger partial charge in [-0.3, -0.25) is 0 Å². The van der Waals surface area contributed by atoms with Crippen molar-refractivity contribution in [2.75, 3.05) is 14.2 Å². The number of benzene rings is 2. The van der Waals surface area contributed by atoms with Gasteiger partial charge in [0.15, 0.2) is 17.3 Å². The summed E-state index contributed by atoms with van der Waals surface area (Å²) >= 11 is 7.32. The maximum Gasteiger partial charge on any atom is 0.277 e. The second-order valence-corrected chi connectivity index (χ2v) is 7.51. The predicted octanol–water partition coefficient (Wildman–Crippen LogP) is 4.67. The monoisotopic (exact) mass is 444 g/mol. The maximum atomic E-state index is 6.01. The van der Waals surface area contributed by atoms with Crippen LogP contribution in [-0.4, -0.2) is 34.6 Å². The number of methoxy groups -OCH3 is 2. The maximum absolute atomic E-state index is 6.01. The van der Waals surface area contributed by atoms with Crippen molar-refractivity contribution in [3.8, 4) is 23.0 Å². The first-order chi connectivity index (χ1) is 14.6. The molecule has 4 rings (SSSR count). The van der Waals surface area contributed by atoms with E-state index in [9.17, 15) is 0 Å². The van der Waals surface area contributed by atoms with E-state index in [0.717, 1.165) is 11.1 Å². The minimum absolute atomic E-state index is 0.380. The molecule has 0 amide bonds. The fourth-order valence-corrected chi connectivity index (χ4v) is 3.54. The molecule has 0 fully saturated rings. The molecule has 0 spiro atoms. The third-order valence-electron chi connectivity index (χ3n) is 4.12. The number of halogens is 1. The summed E-state index contributed by atoms with van der Waals surface area (Å²) in [5, 5.41) is 13.2. The molecule has 0 saturated carbocycles. The summed E-state index contributed by atoms with van der Waals surface area (Å²) < 4.78 is 21.6. The summed E-state index contributed by atoms with van der Waals surface area (Å²) in [4.78, 5) is 4.40. The summed E-state index contributed by atoms with van der Waals surface area (Å²) in [6, 6.07) is 12.9. The number of hydrogen-bond acceptors (Lipinski definition) is 9. The van der Waals surface area contributed by atoms with Crippen molar-refractivity contribution in [1.82, 2.24) is 20.3 Å². The van der Waals surface area contributed by atoms with Crippen molar-refractivity contribution in [1.29, 1.82) is 0 Å². The van der Waals surface area contributed by atoms with Crippen LogP contribution in [0.1, 0.15) is 17.3 Å². The molecule has 0 radical (unpaired) electrons. The lowest BCUT2D eigenvalue weighted by Crippen LogP contribution is -1.91. The average molecular weight is 445 g/mol. The topological polar surface area (TPSA) is 96.3 Å². The van der Waals surface area contributed by atoms with Gasteiger partial charge < -0.3 is 18.4 Å². The van der Waals surface area contributed by atoms with Gasteiger partial charge in [-0.15, -0.1) is 10.2 Å². The molecule has 2 aromatic heterocycles. The Balaban J connectivity index is 1.39. The van der Waals surface area contributed by atoms with E-state index < -0.39 is 0 Å². The normalized spacial score (nSPS) is 10.9. The van der Waals surface area contributed by atoms with E-state index in [2.05, 4.69) is 20.3 Å². The van der Waals surface area contributed by atoms with Gasteiger partial charge >= 0.3 is 0 Å². The Morgan fingerprint density at radius 2 is 1.90 bits per heavy atom. The second-order valence-electron chi connectivity index (χ2n) is 6.14. The third kappa shape index (κ3) is 4.74. The predicted molar refractivity (Wildman–Crippen MR) is 111 cm³/mol. The minimum Gasteiger partial charge on any atom is -0.493 e. The highest BCUT2D eigenvalue weighted by Crippen LogP contribution is 2.33. The molecule has 0 N–H and O–H groups in total. The first kappa shape index (κ1) is 20.2. The Hall–Kier alpha value is -3.04. The van der Waals surface area contributed by atoms with E-state index in [0.29, 0.717) is 51.5 Å². The molecular weight excluding hydrogens is 428 g/mol. The van der Waals surface area contributed by atoms with Crippen molar-refractivity contribution < 1.29 is 18.4 Å². The third-order valence-corrected chi connectivity index (χ3v) is 5.16. The van der Waals surface area contributed by atoms with Gasteiger partial charge in [-0.25, -0.2) is 0 Å². The van der Waals surface area contributed by atoms with Crippen LogP contribution in [0.15, 0.2) is 56.6 Å². The van der Waals surface area contributed by atoms with Crippen LogP contribution in [0.5, 0.6) is 11.5 Å². The van der Waals surface area contributed by atoms with Crippen LogP contribution in [0, 0.1) is 0 Å². The molecule has 2 aromatic carbocycles. The minimum atomic E-state index is 0.380. The van der Waals surface area contributed by atoms with Gasteiger partial charge in [-0.1, -0.05) is 40.7 Å². The Bertz CT molecular complexity index is 1150. The largest absolute Gasteiger partial charge is 0.493 e. The van der Waals surface area contributed by atoms with Gasteiger partial charge in [0.1, 0.15) is 0 Å². The number of nitrogens with zero attached hydrogens (tertiary/aromatic N) is 4. The molecule has 0 aliphatic rings. The van der Waals surface area contributed by atoms with Gasteiger partial charge in [-0.2, -0.15) is 4.98 Å². The van der Waals surface area contributed by atoms with Crippen molar-refractivity contribution >= 4 is 23.4 Å². The summed E-state index contributed by atoms with van der Waals surface area (Å²) in [6.07, 6.45) is 0.540. The van der Waals surface area contributed by atoms with E-state index in [1.807, 2.05) is 30.3 Å². The Labute approximate surface area is 181 Å². The average Bonchev–Trinajstić information content (AvgIpc) is 3.41. The SMILES string of the molecule is COc1ccc(-c2nnc(SCc3nc(Cc4cccc(Cl)c4)no3)o2)cc1OC. The molecule has 154 valence electrons. The molecular formula is C20H17ClN4O4S. The van der Waals surface area contributed by atoms with Crippen LogP contribution in [0.4, 0.5) is 0 Å². The van der Waals surface area contributed by atoms with Crippen LogP contribution in [0.25, 0.3) is 11.5 Å². The van der Waals surface area contributed by atoms with E-state index in [1.54, 1.807) is 26.4 Å². The molecule has 0 unspecified atom stereocenters. The summed E-state index contributed by atoms with van der Waals surface area (Å²) in [6.45, 7) is 0. The van der Waals surface area contributed by atoms with Gasteiger partial charge in [-0.05, 0) is 35.9 Å². The van der Waals surface area contributed by atoms with Crippen LogP contribution in [0.3, 0.4) is 0 Å². The smallest absolute Gasteiger partial charge is 0.277 e. The fourth-order valence-electron chi connectivity index (χ4n) is 2.73. The van der Waals surface area contributed by atoms with Crippen molar-refractivity contribution in [2.45, 2.75) is 17.4 Å². The summed E-state index contributed by atoms with van der Waals surface area (Å²) in [5.74, 6) is 3.06. The summed E-state index contributed by atoms with van der Waals surface area (Å²) in [7, 11) is 3.15. The standard InChI is InChI=1S/C20H17ClN4O4S/c1-26-15-7-6-13(10-16(15)27-2)19-23-24-20(28-19)30-11-18-22-17(25-29-18)9-12-4-3-5-14(21)8-12/h3-8,10H,9,11H2,1-2H3. The van der Waals surface area contributed by atoms with E-state index in [4.69, 9.17) is 30.0 Å². The molecule has 4 aromatic rings. The zero-order valence-corrected chi connectivity index (χ0v) is 17.7. The second kappa shape index (κ2) is 9.19. The first-order valence-electron chi connectivity index (χ1n) is 8.89. The van der Waals surface area contributed by atoms with Crippen molar-refractivity contribution in [3.63, 3.8) is 0 Å². The zero-order chi connectivity index (χ0) is 20.9. The molecule has 2 heterocycles. The molecule has 30 heavy (non-hydrogen) atoms. The Morgan fingerprint density at radius 3 is 2.70 bits per heavy atom. The van der Waals surface area contributed by atoms with Gasteiger partial charge in [0.2, 0.25) is 11.8 Å². The van der Waals surface area contributed by atoms with E-state index >= 15 is 0 Å². The number of ether oxygens (including phenoxy) is 2. The molecule has 0 aliphatic heterocycles. The Morgan fingerprint density at radius 1 is 1.03 bits per heavy atom. The number of rotatable bonds is 8. The van der Waals surface area contributed by atoms with Gasteiger partial charge in [0.05, 0.1) is 20.0 Å². The quantitative estimate of drug-likeness (QED) is 0.359. The highest BCUT2D eigenvalue weighted by molar-refractivity contribution is 7.98. The fraction of sp³-hybridized carbons (Fsp3) is 0.200. The van der Waals surface area contributed by atoms with Crippen LogP contribution >= 0.6 is 23.4 Å². The lowest BCUT2D eigenvalue weighted by atomic mass is 10.1. The van der Waals surface area contributed by atoms with Gasteiger partial charge in [0, 0.05) is 17.0 Å². The zero-order valence-electron chi connectivity index (χ0n) is 16.2. The van der Waals surface area contributed by atoms with Crippen LogP contribution in [-0.2, 0) is 12.2 Å². The Kier molecular flexibility index (Phi) is 6.20. The van der Waals surface area contributed by atoms with E-state index in [-0.39, 0.29) is 0 Å². The van der Waals surface area contributed by atoms with Crippen LogP contribution in [0.2, 0.25) is 5.02 Å². The highest BCUT2D eigenvalue weighted by atomic mass is 35.5. The lowest BCUT2D eigenvalue weighted by molar-refractivity contribution is 0.355. The van der Waals surface area contributed by atoms with E-state index in [1.165, 1.54) is 11.8 Å². The highest BCUT2D eigenvalue weighted by Gasteiger charge is 2.14. The van der Waals surface area contributed by atoms with Gasteiger partial charge in [0.25, 0.3) is 5.22 Å². The molecule has 8 nitrogen and oxygen atoms in total. The molecule has 0 saturated heterocycles. The lowest BCUT2D eigenvalue weighted by Gasteiger charge is -2.07. The first-order valence-corrected chi connectivity index (χ1v) is 10.3. The van der Waals surface area contributed by atoms with Crippen molar-refractivity contribution in [3.05, 3.63) is 64.8 Å². The number of thioether (sulfide) groups is 1. The van der Waals surface area contributed by atoms with Crippen LogP contribution < -0.4 is 9.47 Å². The number of aromatic nitrogens is 4. The summed E-state index contributed by atoms with van der Waals surface area (Å²) in [5.41, 5.74) is 1.74. The molecule has 0 atom stereocenters. The molecule has 10 heteroatoms.